The van der Waals surface area contributed by atoms with Gasteiger partial charge in [0.05, 0.1) is 12.2 Å². The molecule has 5 nitrogen and oxygen atoms in total. The van der Waals surface area contributed by atoms with Gasteiger partial charge in [-0.3, -0.25) is 9.59 Å². The molecule has 2 rings (SSSR count). The van der Waals surface area contributed by atoms with Crippen molar-refractivity contribution < 1.29 is 9.59 Å². The number of amides is 2. The Morgan fingerprint density at radius 3 is 2.67 bits per heavy atom. The van der Waals surface area contributed by atoms with E-state index in [4.69, 9.17) is 0 Å². The minimum Gasteiger partial charge on any atom is -0.340 e. The van der Waals surface area contributed by atoms with Crippen LogP contribution in [0.4, 0.5) is 0 Å². The highest BCUT2D eigenvalue weighted by molar-refractivity contribution is 5.92. The zero-order chi connectivity index (χ0) is 13.1. The van der Waals surface area contributed by atoms with E-state index in [1.165, 1.54) is 6.92 Å². The molecule has 0 spiro atoms. The molecule has 0 aromatic carbocycles. The summed E-state index contributed by atoms with van der Waals surface area (Å²) >= 11 is 0. The lowest BCUT2D eigenvalue weighted by molar-refractivity contribution is -0.128. The van der Waals surface area contributed by atoms with Gasteiger partial charge in [-0.2, -0.15) is 0 Å². The van der Waals surface area contributed by atoms with Crippen molar-refractivity contribution in [2.24, 2.45) is 0 Å². The Bertz CT molecular complexity index is 469. The van der Waals surface area contributed by atoms with E-state index in [-0.39, 0.29) is 11.8 Å². The summed E-state index contributed by atoms with van der Waals surface area (Å²) in [5.74, 6) is -0.0372. The van der Waals surface area contributed by atoms with Gasteiger partial charge in [0.1, 0.15) is 5.69 Å². The Balaban J connectivity index is 2.09. The van der Waals surface area contributed by atoms with Crippen LogP contribution in [0.3, 0.4) is 0 Å². The highest BCUT2D eigenvalue weighted by atomic mass is 16.2. The van der Waals surface area contributed by atoms with Crippen LogP contribution in [0.15, 0.2) is 18.2 Å². The molecule has 0 atom stereocenters. The van der Waals surface area contributed by atoms with Crippen LogP contribution in [0.25, 0.3) is 0 Å². The molecule has 0 aliphatic carbocycles. The van der Waals surface area contributed by atoms with Gasteiger partial charge in [-0.05, 0) is 18.6 Å². The van der Waals surface area contributed by atoms with E-state index in [0.29, 0.717) is 12.2 Å². The number of aromatic nitrogens is 1. The van der Waals surface area contributed by atoms with Crippen LogP contribution >= 0.6 is 0 Å². The van der Waals surface area contributed by atoms with Crippen molar-refractivity contribution in [2.45, 2.75) is 19.9 Å². The quantitative estimate of drug-likeness (QED) is 0.797. The lowest BCUT2D eigenvalue weighted by Gasteiger charge is -2.30. The average molecular weight is 247 g/mol. The summed E-state index contributed by atoms with van der Waals surface area (Å²) in [5, 5.41) is 0. The topological polar surface area (TPSA) is 53.5 Å². The summed E-state index contributed by atoms with van der Waals surface area (Å²) < 4.78 is 0. The fraction of sp³-hybridized carbons (Fsp3) is 0.462. The smallest absolute Gasteiger partial charge is 0.272 e. The van der Waals surface area contributed by atoms with Gasteiger partial charge in [0.25, 0.3) is 5.91 Å². The number of carbonyl (C=O) groups excluding carboxylic acids is 2. The van der Waals surface area contributed by atoms with Gasteiger partial charge in [-0.1, -0.05) is 6.07 Å². The first-order valence-electron chi connectivity index (χ1n) is 6.05. The van der Waals surface area contributed by atoms with Crippen molar-refractivity contribution in [3.05, 3.63) is 29.6 Å². The fourth-order valence-electron chi connectivity index (χ4n) is 1.72. The van der Waals surface area contributed by atoms with Crippen molar-refractivity contribution >= 4 is 11.8 Å². The second kappa shape index (κ2) is 5.16. The van der Waals surface area contributed by atoms with Crippen molar-refractivity contribution in [3.8, 4) is 0 Å². The fourth-order valence-corrected chi connectivity index (χ4v) is 1.72. The Labute approximate surface area is 106 Å². The van der Waals surface area contributed by atoms with Crippen LogP contribution in [0, 0.1) is 0 Å². The number of hydrogen-bond donors (Lipinski definition) is 0. The van der Waals surface area contributed by atoms with Gasteiger partial charge in [0.15, 0.2) is 0 Å². The highest BCUT2D eigenvalue weighted by Crippen LogP contribution is 2.11. The molecule has 1 fully saturated rings. The van der Waals surface area contributed by atoms with Crippen molar-refractivity contribution in [3.63, 3.8) is 0 Å². The minimum absolute atomic E-state index is 0.0173. The molecule has 0 N–H and O–H groups in total. The molecule has 0 saturated carbocycles. The Hall–Kier alpha value is -1.91. The first-order valence-corrected chi connectivity index (χ1v) is 6.05. The highest BCUT2D eigenvalue weighted by Gasteiger charge is 2.22. The summed E-state index contributed by atoms with van der Waals surface area (Å²) in [6.45, 7) is 3.57. The van der Waals surface area contributed by atoms with Crippen LogP contribution in [0.2, 0.25) is 0 Å². The molecule has 1 aromatic rings. The molecule has 0 bridgehead atoms. The Morgan fingerprint density at radius 1 is 1.39 bits per heavy atom. The van der Waals surface area contributed by atoms with Gasteiger partial charge < -0.3 is 9.80 Å². The standard InChI is InChI=1S/C13H17N3O2/c1-10(17)15(2)9-11-5-3-6-12(14-11)13(18)16-7-4-8-16/h3,5-6H,4,7-9H2,1-2H3. The number of carbonyl (C=O) groups is 2. The predicted octanol–water partition coefficient (Wildman–Crippen LogP) is 0.906. The molecular weight excluding hydrogens is 230 g/mol. The molecule has 2 amide bonds. The molecule has 0 unspecified atom stereocenters. The van der Waals surface area contributed by atoms with Crippen molar-refractivity contribution in [1.29, 1.82) is 0 Å². The van der Waals surface area contributed by atoms with E-state index >= 15 is 0 Å². The first kappa shape index (κ1) is 12.5. The second-order valence-corrected chi connectivity index (χ2v) is 4.53. The molecular formula is C13H17N3O2. The maximum Gasteiger partial charge on any atom is 0.272 e. The summed E-state index contributed by atoms with van der Waals surface area (Å²) in [5.41, 5.74) is 1.20. The van der Waals surface area contributed by atoms with E-state index < -0.39 is 0 Å². The Kier molecular flexibility index (Phi) is 3.60. The monoisotopic (exact) mass is 247 g/mol. The maximum atomic E-state index is 12.0. The van der Waals surface area contributed by atoms with Crippen LogP contribution < -0.4 is 0 Å². The zero-order valence-electron chi connectivity index (χ0n) is 10.7. The number of pyridine rings is 1. The minimum atomic E-state index is -0.0198. The van der Waals surface area contributed by atoms with Gasteiger partial charge in [0.2, 0.25) is 5.91 Å². The predicted molar refractivity (Wildman–Crippen MR) is 66.9 cm³/mol. The molecule has 1 aliphatic heterocycles. The van der Waals surface area contributed by atoms with Gasteiger partial charge in [0, 0.05) is 27.1 Å². The normalized spacial score (nSPS) is 14.0. The molecule has 1 saturated heterocycles. The lowest BCUT2D eigenvalue weighted by Crippen LogP contribution is -2.42. The van der Waals surface area contributed by atoms with Crippen LogP contribution in [-0.2, 0) is 11.3 Å². The summed E-state index contributed by atoms with van der Waals surface area (Å²) in [6, 6.07) is 5.35. The molecule has 1 aromatic heterocycles. The molecule has 1 aliphatic rings. The summed E-state index contributed by atoms with van der Waals surface area (Å²) in [6.07, 6.45) is 1.07. The molecule has 18 heavy (non-hydrogen) atoms. The third-order valence-corrected chi connectivity index (χ3v) is 3.11. The first-order chi connectivity index (χ1) is 8.58. The van der Waals surface area contributed by atoms with Crippen LogP contribution in [-0.4, -0.2) is 46.7 Å². The number of rotatable bonds is 3. The van der Waals surface area contributed by atoms with E-state index in [9.17, 15) is 9.59 Å². The van der Waals surface area contributed by atoms with E-state index in [0.717, 1.165) is 25.2 Å². The number of hydrogen-bond acceptors (Lipinski definition) is 3. The van der Waals surface area contributed by atoms with Crippen LogP contribution in [0.5, 0.6) is 0 Å². The molecule has 2 heterocycles. The summed E-state index contributed by atoms with van der Waals surface area (Å²) in [7, 11) is 1.72. The largest absolute Gasteiger partial charge is 0.340 e. The van der Waals surface area contributed by atoms with Crippen molar-refractivity contribution in [2.75, 3.05) is 20.1 Å². The van der Waals surface area contributed by atoms with E-state index in [2.05, 4.69) is 4.98 Å². The van der Waals surface area contributed by atoms with Crippen LogP contribution in [0.1, 0.15) is 29.5 Å². The summed E-state index contributed by atoms with van der Waals surface area (Å²) in [4.78, 5) is 30.8. The number of likely N-dealkylation sites (tertiary alicyclic amines) is 1. The third kappa shape index (κ3) is 2.67. The maximum absolute atomic E-state index is 12.0. The SMILES string of the molecule is CC(=O)N(C)Cc1cccc(C(=O)N2CCC2)n1. The van der Waals surface area contributed by atoms with E-state index in [1.54, 1.807) is 22.9 Å². The Morgan fingerprint density at radius 2 is 2.11 bits per heavy atom. The molecule has 5 heteroatoms. The van der Waals surface area contributed by atoms with Gasteiger partial charge >= 0.3 is 0 Å². The van der Waals surface area contributed by atoms with E-state index in [1.807, 2.05) is 12.1 Å². The molecule has 96 valence electrons. The van der Waals surface area contributed by atoms with Gasteiger partial charge in [-0.25, -0.2) is 4.98 Å². The van der Waals surface area contributed by atoms with Gasteiger partial charge in [-0.15, -0.1) is 0 Å². The lowest BCUT2D eigenvalue weighted by atomic mass is 10.2. The second-order valence-electron chi connectivity index (χ2n) is 4.53. The third-order valence-electron chi connectivity index (χ3n) is 3.11. The molecule has 0 radical (unpaired) electrons. The number of nitrogens with zero attached hydrogens (tertiary/aromatic N) is 3. The van der Waals surface area contributed by atoms with Crippen molar-refractivity contribution in [1.82, 2.24) is 14.8 Å². The zero-order valence-corrected chi connectivity index (χ0v) is 10.7. The average Bonchev–Trinajstić information content (AvgIpc) is 2.26.